The van der Waals surface area contributed by atoms with Gasteiger partial charge in [0.1, 0.15) is 11.4 Å². The molecule has 0 spiro atoms. The van der Waals surface area contributed by atoms with Crippen molar-refractivity contribution in [2.75, 3.05) is 11.1 Å². The van der Waals surface area contributed by atoms with E-state index in [1.807, 2.05) is 24.3 Å². The van der Waals surface area contributed by atoms with Crippen molar-refractivity contribution in [2.24, 2.45) is 0 Å². The lowest BCUT2D eigenvalue weighted by Gasteiger charge is -2.06. The van der Waals surface area contributed by atoms with Gasteiger partial charge in [-0.25, -0.2) is 4.39 Å². The molecule has 0 aliphatic heterocycles. The summed E-state index contributed by atoms with van der Waals surface area (Å²) in [6, 6.07) is 16.2. The molecule has 3 N–H and O–H groups in total. The number of carbonyl (C=O) groups is 2. The van der Waals surface area contributed by atoms with E-state index >= 15 is 0 Å². The molecule has 4 aromatic rings. The fourth-order valence-corrected chi connectivity index (χ4v) is 3.49. The largest absolute Gasteiger partial charge is 0.450 e. The van der Waals surface area contributed by atoms with Gasteiger partial charge in [0.2, 0.25) is 11.7 Å². The van der Waals surface area contributed by atoms with Crippen LogP contribution in [0.2, 0.25) is 5.02 Å². The Hall–Kier alpha value is -3.64. The fourth-order valence-electron chi connectivity index (χ4n) is 3.24. The lowest BCUT2D eigenvalue weighted by molar-refractivity contribution is -0.114. The van der Waals surface area contributed by atoms with Gasteiger partial charge in [0.15, 0.2) is 5.76 Å². The predicted octanol–water partition coefficient (Wildman–Crippen LogP) is 5.66. The molecule has 0 saturated heterocycles. The lowest BCUT2D eigenvalue weighted by Crippen LogP contribution is -2.05. The normalized spacial score (nSPS) is 10.9. The second kappa shape index (κ2) is 7.65. The van der Waals surface area contributed by atoms with Crippen LogP contribution in [0.25, 0.3) is 22.1 Å². The van der Waals surface area contributed by atoms with Crippen molar-refractivity contribution in [2.45, 2.75) is 6.92 Å². The zero-order valence-corrected chi connectivity index (χ0v) is 16.6. The third kappa shape index (κ3) is 3.65. The van der Waals surface area contributed by atoms with Gasteiger partial charge < -0.3 is 15.5 Å². The number of halogens is 2. The number of nitrogens with two attached hydrogens (primary N) is 1. The number of benzene rings is 3. The molecule has 4 rings (SSSR count). The average molecular weight is 423 g/mol. The molecule has 0 fully saturated rings. The molecule has 7 heteroatoms. The number of carbonyl (C=O) groups excluding carboxylic acids is 2. The summed E-state index contributed by atoms with van der Waals surface area (Å²) in [5.74, 6) is -1.28. The van der Waals surface area contributed by atoms with Crippen molar-refractivity contribution in [3.8, 4) is 11.1 Å². The highest BCUT2D eigenvalue weighted by Crippen LogP contribution is 2.34. The third-order valence-corrected chi connectivity index (χ3v) is 4.94. The van der Waals surface area contributed by atoms with Gasteiger partial charge in [-0.2, -0.15) is 0 Å². The summed E-state index contributed by atoms with van der Waals surface area (Å²) in [5.41, 5.74) is 9.21. The van der Waals surface area contributed by atoms with Crippen LogP contribution in [0.15, 0.2) is 65.1 Å². The molecule has 0 aliphatic rings. The second-order valence-corrected chi connectivity index (χ2v) is 7.18. The molecule has 1 heterocycles. The van der Waals surface area contributed by atoms with Crippen LogP contribution in [-0.2, 0) is 4.79 Å². The fraction of sp³-hybridized carbons (Fsp3) is 0.0435. The highest BCUT2D eigenvalue weighted by molar-refractivity contribution is 6.35. The van der Waals surface area contributed by atoms with Gasteiger partial charge in [-0.3, -0.25) is 9.59 Å². The number of hydrogen-bond acceptors (Lipinski definition) is 4. The Balaban J connectivity index is 1.75. The Morgan fingerprint density at radius 1 is 1.03 bits per heavy atom. The predicted molar refractivity (Wildman–Crippen MR) is 115 cm³/mol. The topological polar surface area (TPSA) is 85.3 Å². The quantitative estimate of drug-likeness (QED) is 0.415. The summed E-state index contributed by atoms with van der Waals surface area (Å²) >= 11 is 6.01. The minimum Gasteiger partial charge on any atom is -0.450 e. The molecule has 5 nitrogen and oxygen atoms in total. The highest BCUT2D eigenvalue weighted by atomic mass is 35.5. The first kappa shape index (κ1) is 19.7. The number of ketones is 1. The number of nitrogens with one attached hydrogen (secondary N) is 1. The molecule has 30 heavy (non-hydrogen) atoms. The monoisotopic (exact) mass is 422 g/mol. The lowest BCUT2D eigenvalue weighted by atomic mass is 10.0. The number of rotatable bonds is 4. The van der Waals surface area contributed by atoms with E-state index in [1.54, 1.807) is 18.2 Å². The summed E-state index contributed by atoms with van der Waals surface area (Å²) in [6.45, 7) is 1.44. The van der Waals surface area contributed by atoms with Gasteiger partial charge in [-0.05, 0) is 53.6 Å². The van der Waals surface area contributed by atoms with Gasteiger partial charge >= 0.3 is 0 Å². The number of furan rings is 1. The van der Waals surface area contributed by atoms with Crippen LogP contribution in [0.1, 0.15) is 23.0 Å². The molecule has 150 valence electrons. The van der Waals surface area contributed by atoms with E-state index in [-0.39, 0.29) is 27.9 Å². The van der Waals surface area contributed by atoms with Crippen LogP contribution >= 0.6 is 11.6 Å². The molecule has 3 aromatic carbocycles. The van der Waals surface area contributed by atoms with Crippen LogP contribution in [0, 0.1) is 5.82 Å². The molecule has 0 radical (unpaired) electrons. The summed E-state index contributed by atoms with van der Waals surface area (Å²) in [7, 11) is 0. The molecular formula is C23H16ClFN2O3. The van der Waals surface area contributed by atoms with E-state index in [0.29, 0.717) is 16.7 Å². The van der Waals surface area contributed by atoms with Crippen molar-refractivity contribution in [3.05, 3.63) is 82.8 Å². The van der Waals surface area contributed by atoms with Crippen LogP contribution in [0.5, 0.6) is 0 Å². The molecule has 0 aliphatic carbocycles. The number of hydrogen-bond donors (Lipinski definition) is 2. The highest BCUT2D eigenvalue weighted by Gasteiger charge is 2.22. The first-order valence-corrected chi connectivity index (χ1v) is 9.41. The van der Waals surface area contributed by atoms with Crippen molar-refractivity contribution in [1.82, 2.24) is 0 Å². The van der Waals surface area contributed by atoms with Gasteiger partial charge in [0, 0.05) is 23.6 Å². The second-order valence-electron chi connectivity index (χ2n) is 6.77. The van der Waals surface area contributed by atoms with Gasteiger partial charge in [0.25, 0.3) is 0 Å². The number of fused-ring (bicyclic) bond motifs is 1. The molecule has 1 amide bonds. The maximum absolute atomic E-state index is 13.3. The Labute approximate surface area is 176 Å². The SMILES string of the molecule is CC(=O)Nc1cccc(-c2ccc3c(N)c(C(=O)c4ccc(F)cc4Cl)oc3c2)c1. The maximum atomic E-state index is 13.3. The first-order chi connectivity index (χ1) is 14.3. The van der Waals surface area contributed by atoms with Gasteiger partial charge in [-0.1, -0.05) is 29.8 Å². The Bertz CT molecular complexity index is 1310. The summed E-state index contributed by atoms with van der Waals surface area (Å²) in [6.07, 6.45) is 0. The minimum absolute atomic E-state index is 0.0182. The van der Waals surface area contributed by atoms with Gasteiger partial charge in [0.05, 0.1) is 10.7 Å². The van der Waals surface area contributed by atoms with Crippen LogP contribution < -0.4 is 11.1 Å². The zero-order valence-electron chi connectivity index (χ0n) is 15.8. The van der Waals surface area contributed by atoms with E-state index < -0.39 is 11.6 Å². The van der Waals surface area contributed by atoms with E-state index in [4.69, 9.17) is 21.8 Å². The summed E-state index contributed by atoms with van der Waals surface area (Å²) in [5, 5.41) is 3.31. The number of amides is 1. The third-order valence-electron chi connectivity index (χ3n) is 4.63. The minimum atomic E-state index is -0.541. The van der Waals surface area contributed by atoms with E-state index in [1.165, 1.54) is 13.0 Å². The van der Waals surface area contributed by atoms with E-state index in [0.717, 1.165) is 23.3 Å². The maximum Gasteiger partial charge on any atom is 0.231 e. The van der Waals surface area contributed by atoms with Crippen LogP contribution in [0.3, 0.4) is 0 Å². The zero-order chi connectivity index (χ0) is 21.4. The number of nitrogen functional groups attached to an aromatic ring is 1. The molecule has 1 aromatic heterocycles. The molecule has 0 saturated carbocycles. The van der Waals surface area contributed by atoms with E-state index in [9.17, 15) is 14.0 Å². The molecular weight excluding hydrogens is 407 g/mol. The molecule has 0 atom stereocenters. The van der Waals surface area contributed by atoms with Crippen molar-refractivity contribution >= 4 is 45.6 Å². The summed E-state index contributed by atoms with van der Waals surface area (Å²) < 4.78 is 19.1. The van der Waals surface area contributed by atoms with Gasteiger partial charge in [-0.15, -0.1) is 0 Å². The van der Waals surface area contributed by atoms with Crippen LogP contribution in [-0.4, -0.2) is 11.7 Å². The summed E-state index contributed by atoms with van der Waals surface area (Å²) in [4.78, 5) is 24.1. The van der Waals surface area contributed by atoms with Crippen molar-refractivity contribution < 1.29 is 18.4 Å². The number of anilines is 2. The standard InChI is InChI=1S/C23H16ClFN2O3/c1-12(28)27-16-4-2-3-13(9-16)14-5-7-18-20(10-14)30-23(21(18)26)22(29)17-8-6-15(25)11-19(17)24/h2-11H,26H2,1H3,(H,27,28). The average Bonchev–Trinajstić information content (AvgIpc) is 3.03. The first-order valence-electron chi connectivity index (χ1n) is 9.03. The van der Waals surface area contributed by atoms with Crippen LogP contribution in [0.4, 0.5) is 15.8 Å². The van der Waals surface area contributed by atoms with Crippen molar-refractivity contribution in [3.63, 3.8) is 0 Å². The Morgan fingerprint density at radius 2 is 1.80 bits per heavy atom. The Kier molecular flexibility index (Phi) is 5.01. The molecule has 0 unspecified atom stereocenters. The Morgan fingerprint density at radius 3 is 2.53 bits per heavy atom. The van der Waals surface area contributed by atoms with Crippen molar-refractivity contribution in [1.29, 1.82) is 0 Å². The smallest absolute Gasteiger partial charge is 0.231 e. The molecule has 0 bridgehead atoms. The van der Waals surface area contributed by atoms with E-state index in [2.05, 4.69) is 5.32 Å².